The summed E-state index contributed by atoms with van der Waals surface area (Å²) in [5.74, 6) is 1.20. The minimum absolute atomic E-state index is 0.0901. The van der Waals surface area contributed by atoms with Crippen molar-refractivity contribution in [3.63, 3.8) is 0 Å². The predicted molar refractivity (Wildman–Crippen MR) is 58.8 cm³/mol. The quantitative estimate of drug-likeness (QED) is 0.783. The smallest absolute Gasteiger partial charge is 0.258 e. The number of nitrogens with zero attached hydrogens (tertiary/aromatic N) is 4. The van der Waals surface area contributed by atoms with Crippen molar-refractivity contribution in [1.29, 1.82) is 5.26 Å². The molecule has 84 valence electrons. The van der Waals surface area contributed by atoms with E-state index in [4.69, 9.17) is 9.78 Å². The van der Waals surface area contributed by atoms with Gasteiger partial charge in [-0.25, -0.2) is 4.98 Å². The van der Waals surface area contributed by atoms with Crippen molar-refractivity contribution >= 4 is 0 Å². The van der Waals surface area contributed by atoms with Crippen LogP contribution in [0.15, 0.2) is 22.9 Å². The molecule has 1 saturated carbocycles. The Bertz CT molecular complexity index is 607. The van der Waals surface area contributed by atoms with Gasteiger partial charge in [0, 0.05) is 17.2 Å². The van der Waals surface area contributed by atoms with Gasteiger partial charge in [0.2, 0.25) is 0 Å². The lowest BCUT2D eigenvalue weighted by atomic mass is 10.1. The maximum absolute atomic E-state index is 8.77. The third-order valence-electron chi connectivity index (χ3n) is 3.09. The molecular formula is C12H10N4O. The van der Waals surface area contributed by atoms with Crippen LogP contribution in [0.5, 0.6) is 0 Å². The van der Waals surface area contributed by atoms with Crippen LogP contribution in [0.3, 0.4) is 0 Å². The fourth-order valence-electron chi connectivity index (χ4n) is 1.62. The molecule has 0 aliphatic heterocycles. The molecule has 1 aliphatic rings. The summed E-state index contributed by atoms with van der Waals surface area (Å²) in [5, 5.41) is 12.8. The molecule has 1 fully saturated rings. The SMILES string of the molecule is CC1(c2noc(-c3ccnc(C#N)c3)n2)CC1. The summed E-state index contributed by atoms with van der Waals surface area (Å²) in [6.45, 7) is 2.12. The highest BCUT2D eigenvalue weighted by atomic mass is 16.5. The first-order valence-electron chi connectivity index (χ1n) is 5.42. The van der Waals surface area contributed by atoms with E-state index in [1.54, 1.807) is 18.3 Å². The van der Waals surface area contributed by atoms with Crippen molar-refractivity contribution in [3.8, 4) is 17.5 Å². The fourth-order valence-corrected chi connectivity index (χ4v) is 1.62. The Hall–Kier alpha value is -2.22. The van der Waals surface area contributed by atoms with Gasteiger partial charge in [0.05, 0.1) is 0 Å². The Labute approximate surface area is 98.1 Å². The Kier molecular flexibility index (Phi) is 1.99. The first kappa shape index (κ1) is 9.97. The normalized spacial score (nSPS) is 16.5. The Balaban J connectivity index is 1.98. The second-order valence-corrected chi connectivity index (χ2v) is 4.53. The molecule has 0 aromatic carbocycles. The van der Waals surface area contributed by atoms with Crippen molar-refractivity contribution in [2.75, 3.05) is 0 Å². The van der Waals surface area contributed by atoms with Crippen molar-refractivity contribution in [3.05, 3.63) is 29.8 Å². The predicted octanol–water partition coefficient (Wildman–Crippen LogP) is 2.05. The number of pyridine rings is 1. The van der Waals surface area contributed by atoms with Crippen molar-refractivity contribution in [2.45, 2.75) is 25.2 Å². The molecule has 2 aromatic rings. The van der Waals surface area contributed by atoms with Gasteiger partial charge in [0.25, 0.3) is 5.89 Å². The average Bonchev–Trinajstić information content (AvgIpc) is 2.94. The zero-order chi connectivity index (χ0) is 11.9. The summed E-state index contributed by atoms with van der Waals surface area (Å²) in [6.07, 6.45) is 3.77. The van der Waals surface area contributed by atoms with Crippen LogP contribution in [0.4, 0.5) is 0 Å². The molecule has 0 spiro atoms. The van der Waals surface area contributed by atoms with E-state index in [2.05, 4.69) is 22.0 Å². The van der Waals surface area contributed by atoms with E-state index in [0.717, 1.165) is 24.2 Å². The molecule has 0 bridgehead atoms. The lowest BCUT2D eigenvalue weighted by molar-refractivity contribution is 0.416. The third kappa shape index (κ3) is 1.68. The molecular weight excluding hydrogens is 216 g/mol. The van der Waals surface area contributed by atoms with E-state index < -0.39 is 0 Å². The van der Waals surface area contributed by atoms with Crippen LogP contribution in [0.25, 0.3) is 11.5 Å². The number of aromatic nitrogens is 3. The van der Waals surface area contributed by atoms with E-state index in [-0.39, 0.29) is 5.41 Å². The molecule has 5 nitrogen and oxygen atoms in total. The molecule has 17 heavy (non-hydrogen) atoms. The summed E-state index contributed by atoms with van der Waals surface area (Å²) in [5.41, 5.74) is 1.17. The van der Waals surface area contributed by atoms with Gasteiger partial charge < -0.3 is 4.52 Å². The first-order chi connectivity index (χ1) is 8.21. The summed E-state index contributed by atoms with van der Waals surface area (Å²) in [4.78, 5) is 8.28. The standard InChI is InChI=1S/C12H10N4O/c1-12(3-4-12)11-15-10(17-16-11)8-2-5-14-9(6-8)7-13/h2,5-6H,3-4H2,1H3. The second kappa shape index (κ2) is 3.39. The number of rotatable bonds is 2. The van der Waals surface area contributed by atoms with Crippen LogP contribution in [0.1, 0.15) is 31.3 Å². The first-order valence-corrected chi connectivity index (χ1v) is 5.42. The maximum Gasteiger partial charge on any atom is 0.258 e. The molecule has 0 atom stereocenters. The molecule has 2 heterocycles. The molecule has 2 aromatic heterocycles. The molecule has 1 aliphatic carbocycles. The molecule has 0 radical (unpaired) electrons. The summed E-state index contributed by atoms with van der Waals surface area (Å²) in [7, 11) is 0. The van der Waals surface area contributed by atoms with Crippen LogP contribution in [-0.2, 0) is 5.41 Å². The summed E-state index contributed by atoms with van der Waals surface area (Å²) in [6, 6.07) is 5.39. The Morgan fingerprint density at radius 2 is 2.29 bits per heavy atom. The highest BCUT2D eigenvalue weighted by Crippen LogP contribution is 2.46. The minimum atomic E-state index is 0.0901. The third-order valence-corrected chi connectivity index (χ3v) is 3.09. The van der Waals surface area contributed by atoms with Crippen LogP contribution >= 0.6 is 0 Å². The van der Waals surface area contributed by atoms with Gasteiger partial charge in [-0.15, -0.1) is 0 Å². The number of nitriles is 1. The lowest BCUT2D eigenvalue weighted by Gasteiger charge is -1.97. The molecule has 5 heteroatoms. The van der Waals surface area contributed by atoms with Gasteiger partial charge in [-0.05, 0) is 25.0 Å². The molecule has 0 amide bonds. The number of hydrogen-bond donors (Lipinski definition) is 0. The average molecular weight is 226 g/mol. The van der Waals surface area contributed by atoms with Crippen LogP contribution < -0.4 is 0 Å². The topological polar surface area (TPSA) is 75.6 Å². The summed E-state index contributed by atoms with van der Waals surface area (Å²) >= 11 is 0. The molecule has 0 N–H and O–H groups in total. The second-order valence-electron chi connectivity index (χ2n) is 4.53. The van der Waals surface area contributed by atoms with E-state index in [1.807, 2.05) is 6.07 Å². The Morgan fingerprint density at radius 3 is 3.00 bits per heavy atom. The van der Waals surface area contributed by atoms with Crippen molar-refractivity contribution < 1.29 is 4.52 Å². The van der Waals surface area contributed by atoms with E-state index >= 15 is 0 Å². The van der Waals surface area contributed by atoms with Gasteiger partial charge in [-0.2, -0.15) is 10.2 Å². The van der Waals surface area contributed by atoms with Gasteiger partial charge in [0.1, 0.15) is 11.8 Å². The fraction of sp³-hybridized carbons (Fsp3) is 0.333. The van der Waals surface area contributed by atoms with Crippen LogP contribution in [0.2, 0.25) is 0 Å². The van der Waals surface area contributed by atoms with Crippen LogP contribution in [0, 0.1) is 11.3 Å². The lowest BCUT2D eigenvalue weighted by Crippen LogP contribution is -2.01. The van der Waals surface area contributed by atoms with Gasteiger partial charge in [-0.1, -0.05) is 12.1 Å². The van der Waals surface area contributed by atoms with E-state index in [0.29, 0.717) is 11.6 Å². The minimum Gasteiger partial charge on any atom is -0.334 e. The zero-order valence-electron chi connectivity index (χ0n) is 9.34. The van der Waals surface area contributed by atoms with Crippen molar-refractivity contribution in [1.82, 2.24) is 15.1 Å². The Morgan fingerprint density at radius 1 is 1.47 bits per heavy atom. The van der Waals surface area contributed by atoms with Crippen molar-refractivity contribution in [2.24, 2.45) is 0 Å². The molecule has 3 rings (SSSR count). The maximum atomic E-state index is 8.77. The van der Waals surface area contributed by atoms with Gasteiger partial charge >= 0.3 is 0 Å². The summed E-state index contributed by atoms with van der Waals surface area (Å²) < 4.78 is 5.22. The zero-order valence-corrected chi connectivity index (χ0v) is 9.34. The van der Waals surface area contributed by atoms with E-state index in [9.17, 15) is 0 Å². The highest BCUT2D eigenvalue weighted by Gasteiger charge is 2.43. The highest BCUT2D eigenvalue weighted by molar-refractivity contribution is 5.54. The monoisotopic (exact) mass is 226 g/mol. The van der Waals surface area contributed by atoms with Crippen LogP contribution in [-0.4, -0.2) is 15.1 Å². The van der Waals surface area contributed by atoms with Gasteiger partial charge in [0.15, 0.2) is 5.82 Å². The molecule has 0 unspecified atom stereocenters. The number of hydrogen-bond acceptors (Lipinski definition) is 5. The van der Waals surface area contributed by atoms with Gasteiger partial charge in [-0.3, -0.25) is 0 Å². The molecule has 0 saturated heterocycles. The van der Waals surface area contributed by atoms with E-state index in [1.165, 1.54) is 0 Å². The largest absolute Gasteiger partial charge is 0.334 e.